The predicted molar refractivity (Wildman–Crippen MR) is 114 cm³/mol. The summed E-state index contributed by atoms with van der Waals surface area (Å²) in [5.41, 5.74) is 2.84. The van der Waals surface area contributed by atoms with Gasteiger partial charge in [0, 0.05) is 17.7 Å². The average molecular weight is 460 g/mol. The lowest BCUT2D eigenvalue weighted by Gasteiger charge is -2.18. The molecule has 1 amide bonds. The summed E-state index contributed by atoms with van der Waals surface area (Å²) < 4.78 is 52.0. The Morgan fingerprint density at radius 3 is 2.03 bits per heavy atom. The maximum Gasteiger partial charge on any atom is 0.416 e. The second-order valence-corrected chi connectivity index (χ2v) is 7.15. The molecule has 4 N–H and O–H groups in total. The van der Waals surface area contributed by atoms with Gasteiger partial charge in [-0.1, -0.05) is 36.4 Å². The zero-order chi connectivity index (χ0) is 24.0. The molecule has 0 aliphatic heterocycles. The highest BCUT2D eigenvalue weighted by atomic mass is 19.4. The average Bonchev–Trinajstić information content (AvgIpc) is 2.81. The first-order valence-corrected chi connectivity index (χ1v) is 9.77. The van der Waals surface area contributed by atoms with Crippen molar-refractivity contribution in [2.45, 2.75) is 18.9 Å². The van der Waals surface area contributed by atoms with E-state index in [1.165, 1.54) is 54.0 Å². The van der Waals surface area contributed by atoms with Gasteiger partial charge in [-0.15, -0.1) is 0 Å². The normalized spacial score (nSPS) is 13.0. The summed E-state index contributed by atoms with van der Waals surface area (Å²) in [7, 11) is 0. The van der Waals surface area contributed by atoms with E-state index in [0.717, 1.165) is 12.1 Å². The molecule has 0 fully saturated rings. The maximum absolute atomic E-state index is 13.2. The van der Waals surface area contributed by atoms with Crippen LogP contribution in [0.3, 0.4) is 0 Å². The molecule has 5 nitrogen and oxygen atoms in total. The van der Waals surface area contributed by atoms with Crippen molar-refractivity contribution < 1.29 is 32.7 Å². The van der Waals surface area contributed by atoms with Crippen LogP contribution in [0, 0.1) is 5.82 Å². The quantitative estimate of drug-likeness (QED) is 0.136. The molecule has 0 aliphatic carbocycles. The van der Waals surface area contributed by atoms with Gasteiger partial charge in [0.2, 0.25) is 0 Å². The van der Waals surface area contributed by atoms with E-state index in [0.29, 0.717) is 16.7 Å². The van der Waals surface area contributed by atoms with Gasteiger partial charge in [0.05, 0.1) is 5.56 Å². The molecule has 0 aromatic heterocycles. The van der Waals surface area contributed by atoms with E-state index in [-0.39, 0.29) is 17.7 Å². The van der Waals surface area contributed by atoms with Crippen LogP contribution in [0.5, 0.6) is 0 Å². The highest BCUT2D eigenvalue weighted by molar-refractivity contribution is 5.93. The van der Waals surface area contributed by atoms with Gasteiger partial charge in [-0.25, -0.2) is 9.87 Å². The van der Waals surface area contributed by atoms with Gasteiger partial charge >= 0.3 is 6.18 Å². The number of hydroxylamine groups is 1. The number of carbonyl (C=O) groups excluding carboxylic acids is 1. The van der Waals surface area contributed by atoms with Gasteiger partial charge in [0.25, 0.3) is 5.91 Å². The van der Waals surface area contributed by atoms with E-state index in [4.69, 9.17) is 5.21 Å². The number of carbonyl (C=O) groups is 1. The highest BCUT2D eigenvalue weighted by Gasteiger charge is 2.30. The Bertz CT molecular complexity index is 1110. The number of rotatable bonds is 7. The maximum atomic E-state index is 13.2. The topological polar surface area (TPSA) is 81.6 Å². The minimum absolute atomic E-state index is 0.170. The molecule has 3 rings (SSSR count). The number of hydrogen-bond acceptors (Lipinski definition) is 4. The molecule has 0 saturated heterocycles. The van der Waals surface area contributed by atoms with Crippen LogP contribution in [-0.2, 0) is 12.7 Å². The first kappa shape index (κ1) is 24.1. The number of nitrogens with one attached hydrogen (secondary N) is 2. The molecule has 0 spiro atoms. The van der Waals surface area contributed by atoms with Crippen LogP contribution in [0.2, 0.25) is 0 Å². The van der Waals surface area contributed by atoms with Crippen LogP contribution in [0.4, 0.5) is 17.6 Å². The van der Waals surface area contributed by atoms with Crippen molar-refractivity contribution in [3.63, 3.8) is 0 Å². The van der Waals surface area contributed by atoms with Crippen molar-refractivity contribution in [3.8, 4) is 0 Å². The van der Waals surface area contributed by atoms with Crippen molar-refractivity contribution in [2.75, 3.05) is 0 Å². The Morgan fingerprint density at radius 2 is 1.48 bits per heavy atom. The summed E-state index contributed by atoms with van der Waals surface area (Å²) in [6.45, 7) is 0.170. The molecule has 1 unspecified atom stereocenters. The minimum Gasteiger partial charge on any atom is -0.374 e. The van der Waals surface area contributed by atoms with Crippen LogP contribution >= 0.6 is 0 Å². The molecule has 1 atom stereocenters. The zero-order valence-electron chi connectivity index (χ0n) is 17.1. The molecule has 33 heavy (non-hydrogen) atoms. The number of benzene rings is 3. The second-order valence-electron chi connectivity index (χ2n) is 7.15. The smallest absolute Gasteiger partial charge is 0.374 e. The van der Waals surface area contributed by atoms with Gasteiger partial charge < -0.3 is 5.11 Å². The van der Waals surface area contributed by atoms with E-state index >= 15 is 0 Å². The number of hydrogen-bond donors (Lipinski definition) is 4. The second kappa shape index (κ2) is 10.4. The molecule has 0 saturated carbocycles. The largest absolute Gasteiger partial charge is 0.416 e. The van der Waals surface area contributed by atoms with E-state index in [9.17, 15) is 27.5 Å². The van der Waals surface area contributed by atoms with Crippen LogP contribution in [0.15, 0.2) is 72.8 Å². The lowest BCUT2D eigenvalue weighted by Crippen LogP contribution is -2.29. The highest BCUT2D eigenvalue weighted by Crippen LogP contribution is 2.31. The molecular formula is C24H20F4N2O3. The van der Waals surface area contributed by atoms with E-state index in [1.54, 1.807) is 18.2 Å². The van der Waals surface area contributed by atoms with Gasteiger partial charge in [-0.2, -0.15) is 13.2 Å². The summed E-state index contributed by atoms with van der Waals surface area (Å²) >= 11 is 0. The van der Waals surface area contributed by atoms with Crippen LogP contribution in [0.1, 0.15) is 32.6 Å². The lowest BCUT2D eigenvalue weighted by molar-refractivity contribution is -0.137. The molecule has 3 aromatic carbocycles. The monoisotopic (exact) mass is 460 g/mol. The fourth-order valence-corrected chi connectivity index (χ4v) is 3.07. The third-order valence-electron chi connectivity index (χ3n) is 4.85. The van der Waals surface area contributed by atoms with E-state index < -0.39 is 29.7 Å². The minimum atomic E-state index is -4.49. The summed E-state index contributed by atoms with van der Waals surface area (Å²) in [5, 5.41) is 22.3. The van der Waals surface area contributed by atoms with Crippen LogP contribution in [0.25, 0.3) is 11.6 Å². The number of halogens is 4. The third-order valence-corrected chi connectivity index (χ3v) is 4.85. The summed E-state index contributed by atoms with van der Waals surface area (Å²) in [6, 6.07) is 16.0. The van der Waals surface area contributed by atoms with Crippen molar-refractivity contribution in [2.24, 2.45) is 0 Å². The van der Waals surface area contributed by atoms with Gasteiger partial charge in [0.1, 0.15) is 12.0 Å². The van der Waals surface area contributed by atoms with Gasteiger partial charge in [0.15, 0.2) is 0 Å². The molecule has 0 heterocycles. The molecule has 0 bridgehead atoms. The van der Waals surface area contributed by atoms with Gasteiger partial charge in [-0.3, -0.25) is 15.3 Å². The van der Waals surface area contributed by atoms with Gasteiger partial charge in [-0.05, 0) is 59.2 Å². The fourth-order valence-electron chi connectivity index (χ4n) is 3.07. The Kier molecular flexibility index (Phi) is 7.59. The van der Waals surface area contributed by atoms with Crippen molar-refractivity contribution in [1.29, 1.82) is 0 Å². The van der Waals surface area contributed by atoms with E-state index in [1.807, 2.05) is 0 Å². The Morgan fingerprint density at radius 1 is 0.909 bits per heavy atom. The number of aliphatic hydroxyl groups excluding tert-OH is 1. The van der Waals surface area contributed by atoms with Crippen LogP contribution in [-0.4, -0.2) is 22.4 Å². The fraction of sp³-hybridized carbons (Fsp3) is 0.125. The molecule has 0 aliphatic rings. The predicted octanol–water partition coefficient (Wildman–Crippen LogP) is 4.61. The zero-order valence-corrected chi connectivity index (χ0v) is 17.1. The number of aliphatic hydroxyl groups is 1. The standard InChI is InChI=1S/C24H20F4N2O3/c25-20-11-3-15(4-12-20)13-21(17-7-9-19(10-8-17)24(26,27)28)23(32)29-14-16-1-5-18(6-2-16)22(31)30-33/h1-13,23,29,32-33H,14H2,(H,30,31)/b21-13+. The SMILES string of the molecule is O=C(NO)c1ccc(CNC(O)/C(=C/c2ccc(F)cc2)c2ccc(C(F)(F)F)cc2)cc1. The first-order valence-electron chi connectivity index (χ1n) is 9.77. The van der Waals surface area contributed by atoms with Crippen molar-refractivity contribution >= 4 is 17.6 Å². The summed E-state index contributed by atoms with van der Waals surface area (Å²) in [6.07, 6.45) is -4.21. The van der Waals surface area contributed by atoms with Crippen LogP contribution < -0.4 is 10.8 Å². The van der Waals surface area contributed by atoms with Crippen molar-refractivity contribution in [1.82, 2.24) is 10.8 Å². The lowest BCUT2D eigenvalue weighted by atomic mass is 9.99. The molecule has 3 aromatic rings. The Balaban J connectivity index is 1.84. The summed E-state index contributed by atoms with van der Waals surface area (Å²) in [4.78, 5) is 11.4. The Labute approximate surface area is 187 Å². The first-order chi connectivity index (χ1) is 15.7. The number of amides is 1. The van der Waals surface area contributed by atoms with E-state index in [2.05, 4.69) is 5.32 Å². The molecular weight excluding hydrogens is 440 g/mol. The molecule has 9 heteroatoms. The van der Waals surface area contributed by atoms with Crippen molar-refractivity contribution in [3.05, 3.63) is 106 Å². The number of alkyl halides is 3. The third kappa shape index (κ3) is 6.48. The molecule has 172 valence electrons. The molecule has 0 radical (unpaired) electrons. The summed E-state index contributed by atoms with van der Waals surface area (Å²) in [5.74, 6) is -1.11. The Hall–Kier alpha value is -3.53.